The molecule has 1 aliphatic rings. The molecule has 1 unspecified atom stereocenters. The van der Waals surface area contributed by atoms with E-state index in [0.717, 1.165) is 11.3 Å². The van der Waals surface area contributed by atoms with Gasteiger partial charge in [-0.15, -0.1) is 0 Å². The van der Waals surface area contributed by atoms with E-state index in [-0.39, 0.29) is 23.8 Å². The second-order valence-electron chi connectivity index (χ2n) is 6.56. The molecule has 0 aliphatic carbocycles. The van der Waals surface area contributed by atoms with Crippen molar-refractivity contribution >= 4 is 11.5 Å². The molecule has 0 amide bonds. The molecule has 0 N–H and O–H groups in total. The van der Waals surface area contributed by atoms with Crippen molar-refractivity contribution in [3.8, 4) is 17.2 Å². The van der Waals surface area contributed by atoms with E-state index in [1.54, 1.807) is 25.3 Å². The molecular formula is C21H18N2O5. The maximum atomic E-state index is 13.1. The van der Waals surface area contributed by atoms with Crippen LogP contribution in [0.15, 0.2) is 54.7 Å². The summed E-state index contributed by atoms with van der Waals surface area (Å²) in [5.74, 6) is 0.655. The Bertz CT molecular complexity index is 1090. The fourth-order valence-electron chi connectivity index (χ4n) is 3.73. The highest BCUT2D eigenvalue weighted by atomic mass is 16.6. The number of rotatable bonds is 4. The smallest absolute Gasteiger partial charge is 0.269 e. The second kappa shape index (κ2) is 6.84. The summed E-state index contributed by atoms with van der Waals surface area (Å²) >= 11 is 0. The van der Waals surface area contributed by atoms with Crippen LogP contribution in [0.3, 0.4) is 0 Å². The zero-order valence-corrected chi connectivity index (χ0v) is 15.4. The van der Waals surface area contributed by atoms with Gasteiger partial charge in [0.05, 0.1) is 24.8 Å². The van der Waals surface area contributed by atoms with E-state index in [9.17, 15) is 14.9 Å². The summed E-state index contributed by atoms with van der Waals surface area (Å²) < 4.78 is 12.7. The molecule has 4 rings (SSSR count). The Morgan fingerprint density at radius 2 is 1.82 bits per heavy atom. The second-order valence-corrected chi connectivity index (χ2v) is 6.56. The maximum Gasteiger partial charge on any atom is 0.269 e. The summed E-state index contributed by atoms with van der Waals surface area (Å²) in [7, 11) is 3.07. The molecule has 2 aromatic carbocycles. The number of hydrogen-bond acceptors (Lipinski definition) is 5. The van der Waals surface area contributed by atoms with Crippen LogP contribution in [0.25, 0.3) is 5.69 Å². The van der Waals surface area contributed by atoms with Gasteiger partial charge in [-0.3, -0.25) is 14.9 Å². The van der Waals surface area contributed by atoms with Crippen molar-refractivity contribution in [1.82, 2.24) is 4.57 Å². The minimum Gasteiger partial charge on any atom is -0.493 e. The van der Waals surface area contributed by atoms with Gasteiger partial charge in [-0.25, -0.2) is 0 Å². The van der Waals surface area contributed by atoms with E-state index in [1.165, 1.54) is 19.2 Å². The van der Waals surface area contributed by atoms with Crippen LogP contribution in [-0.4, -0.2) is 29.5 Å². The summed E-state index contributed by atoms with van der Waals surface area (Å²) in [5, 5.41) is 11.2. The Labute approximate surface area is 161 Å². The number of carbonyl (C=O) groups is 1. The number of Topliss-reactive ketones (excluding diaryl/α,β-unsaturated/α-hetero) is 1. The molecule has 1 atom stereocenters. The van der Waals surface area contributed by atoms with Gasteiger partial charge in [0, 0.05) is 48.0 Å². The quantitative estimate of drug-likeness (QED) is 0.504. The van der Waals surface area contributed by atoms with Crippen LogP contribution in [0.4, 0.5) is 5.69 Å². The van der Waals surface area contributed by atoms with Crippen LogP contribution in [0.1, 0.15) is 34.0 Å². The van der Waals surface area contributed by atoms with Gasteiger partial charge in [-0.2, -0.15) is 0 Å². The van der Waals surface area contributed by atoms with Gasteiger partial charge in [0.1, 0.15) is 0 Å². The maximum absolute atomic E-state index is 13.1. The summed E-state index contributed by atoms with van der Waals surface area (Å²) in [5.41, 5.74) is 2.86. The predicted octanol–water partition coefficient (Wildman–Crippen LogP) is 4.12. The van der Waals surface area contributed by atoms with Crippen LogP contribution < -0.4 is 9.47 Å². The summed E-state index contributed by atoms with van der Waals surface area (Å²) in [6.45, 7) is 0. The zero-order valence-electron chi connectivity index (χ0n) is 15.4. The Kier molecular flexibility index (Phi) is 4.35. The molecule has 28 heavy (non-hydrogen) atoms. The molecule has 0 fully saturated rings. The SMILES string of the molecule is COc1cc2c(cc1OC)-n1cccc1C(c1cccc([N+](=O)[O-])c1)CC2=O. The molecule has 0 saturated carbocycles. The van der Waals surface area contributed by atoms with Gasteiger partial charge in [0.15, 0.2) is 17.3 Å². The average molecular weight is 378 g/mol. The highest BCUT2D eigenvalue weighted by molar-refractivity contribution is 6.01. The summed E-state index contributed by atoms with van der Waals surface area (Å²) in [4.78, 5) is 23.9. The monoisotopic (exact) mass is 378 g/mol. The van der Waals surface area contributed by atoms with Crippen molar-refractivity contribution in [2.45, 2.75) is 12.3 Å². The number of nitro benzene ring substituents is 1. The molecule has 0 radical (unpaired) electrons. The molecule has 0 saturated heterocycles. The lowest BCUT2D eigenvalue weighted by molar-refractivity contribution is -0.384. The molecule has 142 valence electrons. The number of ether oxygens (including phenoxy) is 2. The normalized spacial score (nSPS) is 15.4. The first-order chi connectivity index (χ1) is 13.5. The zero-order chi connectivity index (χ0) is 19.8. The first kappa shape index (κ1) is 17.8. The lowest BCUT2D eigenvalue weighted by Gasteiger charge is -2.17. The number of hydrogen-bond donors (Lipinski definition) is 0. The number of methoxy groups -OCH3 is 2. The minimum atomic E-state index is -0.425. The first-order valence-corrected chi connectivity index (χ1v) is 8.74. The Morgan fingerprint density at radius 3 is 2.54 bits per heavy atom. The lowest BCUT2D eigenvalue weighted by atomic mass is 9.89. The molecule has 2 heterocycles. The number of aromatic nitrogens is 1. The minimum absolute atomic E-state index is 0.00755. The lowest BCUT2D eigenvalue weighted by Crippen LogP contribution is -2.08. The van der Waals surface area contributed by atoms with Gasteiger partial charge in [0.25, 0.3) is 5.69 Å². The molecular weight excluding hydrogens is 360 g/mol. The number of nitrogens with zero attached hydrogens (tertiary/aromatic N) is 2. The Balaban J connectivity index is 1.90. The van der Waals surface area contributed by atoms with Crippen molar-refractivity contribution in [3.63, 3.8) is 0 Å². The van der Waals surface area contributed by atoms with E-state index in [2.05, 4.69) is 0 Å². The fraction of sp³-hybridized carbons (Fsp3) is 0.190. The van der Waals surface area contributed by atoms with Crippen LogP contribution in [-0.2, 0) is 0 Å². The number of nitro groups is 1. The number of fused-ring (bicyclic) bond motifs is 3. The number of benzene rings is 2. The summed E-state index contributed by atoms with van der Waals surface area (Å²) in [6.07, 6.45) is 2.08. The predicted molar refractivity (Wildman–Crippen MR) is 103 cm³/mol. The Hall–Kier alpha value is -3.61. The number of ketones is 1. The van der Waals surface area contributed by atoms with Crippen molar-refractivity contribution in [3.05, 3.63) is 81.7 Å². The van der Waals surface area contributed by atoms with E-state index >= 15 is 0 Å². The number of carbonyl (C=O) groups excluding carboxylic acids is 1. The third-order valence-electron chi connectivity index (χ3n) is 5.07. The van der Waals surface area contributed by atoms with Gasteiger partial charge in [-0.05, 0) is 23.8 Å². The molecule has 3 aromatic rings. The van der Waals surface area contributed by atoms with E-state index in [4.69, 9.17) is 9.47 Å². The largest absolute Gasteiger partial charge is 0.493 e. The van der Waals surface area contributed by atoms with Gasteiger partial charge < -0.3 is 14.0 Å². The van der Waals surface area contributed by atoms with Gasteiger partial charge in [0.2, 0.25) is 0 Å². The summed E-state index contributed by atoms with van der Waals surface area (Å²) in [6, 6.07) is 13.8. The van der Waals surface area contributed by atoms with Crippen molar-refractivity contribution < 1.29 is 19.2 Å². The molecule has 7 heteroatoms. The van der Waals surface area contributed by atoms with Crippen LogP contribution in [0.2, 0.25) is 0 Å². The van der Waals surface area contributed by atoms with E-state index in [0.29, 0.717) is 22.7 Å². The molecule has 1 aromatic heterocycles. The third kappa shape index (κ3) is 2.81. The van der Waals surface area contributed by atoms with Gasteiger partial charge >= 0.3 is 0 Å². The molecule has 1 aliphatic heterocycles. The standard InChI is InChI=1S/C21H18N2O5/c1-27-20-11-16-18(12-21(20)28-2)22-8-4-7-17(22)15(10-19(16)24)13-5-3-6-14(9-13)23(25)26/h3-9,11-12,15H,10H2,1-2H3. The highest BCUT2D eigenvalue weighted by Crippen LogP contribution is 2.40. The average Bonchev–Trinajstić information content (AvgIpc) is 3.16. The van der Waals surface area contributed by atoms with E-state index in [1.807, 2.05) is 29.0 Å². The molecule has 0 spiro atoms. The fourth-order valence-corrected chi connectivity index (χ4v) is 3.73. The van der Waals surface area contributed by atoms with Crippen LogP contribution >= 0.6 is 0 Å². The first-order valence-electron chi connectivity index (χ1n) is 8.74. The molecule has 0 bridgehead atoms. The highest BCUT2D eigenvalue weighted by Gasteiger charge is 2.30. The van der Waals surface area contributed by atoms with Crippen molar-refractivity contribution in [1.29, 1.82) is 0 Å². The van der Waals surface area contributed by atoms with Crippen LogP contribution in [0.5, 0.6) is 11.5 Å². The Morgan fingerprint density at radius 1 is 1.07 bits per heavy atom. The van der Waals surface area contributed by atoms with Crippen molar-refractivity contribution in [2.24, 2.45) is 0 Å². The van der Waals surface area contributed by atoms with E-state index < -0.39 is 4.92 Å². The number of non-ortho nitro benzene ring substituents is 1. The topological polar surface area (TPSA) is 83.6 Å². The third-order valence-corrected chi connectivity index (χ3v) is 5.07. The molecule has 7 nitrogen and oxygen atoms in total. The van der Waals surface area contributed by atoms with Crippen LogP contribution in [0, 0.1) is 10.1 Å². The van der Waals surface area contributed by atoms with Crippen molar-refractivity contribution in [2.75, 3.05) is 14.2 Å². The van der Waals surface area contributed by atoms with Gasteiger partial charge in [-0.1, -0.05) is 12.1 Å².